The molecule has 1 fully saturated rings. The lowest BCUT2D eigenvalue weighted by Gasteiger charge is -2.26. The molecule has 0 N–H and O–H groups in total. The van der Waals surface area contributed by atoms with Crippen molar-refractivity contribution in [2.24, 2.45) is 0 Å². The molecule has 2 amide bonds. The number of hydrogen-bond acceptors (Lipinski definition) is 3. The standard InChI is InChI=1S/C19H28N2O3/c1-14-11-15(2)13-16(12-14)17(22)20-7-6-8-21(10-9-20)18(23)24-19(3,4)5/h11-13H,6-10H2,1-5H3. The average Bonchev–Trinajstić information content (AvgIpc) is 2.69. The second-order valence-corrected chi connectivity index (χ2v) is 7.49. The lowest BCUT2D eigenvalue weighted by atomic mass is 10.1. The molecule has 1 aliphatic rings. The molecule has 1 aromatic carbocycles. The van der Waals surface area contributed by atoms with Crippen LogP contribution >= 0.6 is 0 Å². The molecule has 132 valence electrons. The smallest absolute Gasteiger partial charge is 0.410 e. The quantitative estimate of drug-likeness (QED) is 0.792. The first-order chi connectivity index (χ1) is 11.2. The predicted octanol–water partition coefficient (Wildman–Crippen LogP) is 3.39. The van der Waals surface area contributed by atoms with Crippen molar-refractivity contribution in [3.05, 3.63) is 34.9 Å². The van der Waals surface area contributed by atoms with Gasteiger partial charge < -0.3 is 14.5 Å². The summed E-state index contributed by atoms with van der Waals surface area (Å²) in [4.78, 5) is 28.5. The molecular weight excluding hydrogens is 304 g/mol. The molecule has 0 atom stereocenters. The van der Waals surface area contributed by atoms with Crippen LogP contribution in [0.4, 0.5) is 4.79 Å². The van der Waals surface area contributed by atoms with E-state index in [1.165, 1.54) is 0 Å². The van der Waals surface area contributed by atoms with Crippen LogP contribution in [0.2, 0.25) is 0 Å². The van der Waals surface area contributed by atoms with Crippen LogP contribution in [0.25, 0.3) is 0 Å². The minimum atomic E-state index is -0.502. The van der Waals surface area contributed by atoms with Gasteiger partial charge in [-0.15, -0.1) is 0 Å². The Kier molecular flexibility index (Phi) is 5.52. The lowest BCUT2D eigenvalue weighted by Crippen LogP contribution is -2.40. The molecule has 1 heterocycles. The van der Waals surface area contributed by atoms with Gasteiger partial charge in [-0.05, 0) is 53.2 Å². The van der Waals surface area contributed by atoms with Crippen LogP contribution in [0.3, 0.4) is 0 Å². The van der Waals surface area contributed by atoms with Crippen molar-refractivity contribution in [3.63, 3.8) is 0 Å². The maximum Gasteiger partial charge on any atom is 0.410 e. The topological polar surface area (TPSA) is 49.9 Å². The molecule has 0 spiro atoms. The third-order valence-electron chi connectivity index (χ3n) is 3.90. The van der Waals surface area contributed by atoms with E-state index < -0.39 is 5.60 Å². The van der Waals surface area contributed by atoms with E-state index in [1.54, 1.807) is 4.90 Å². The van der Waals surface area contributed by atoms with Crippen LogP contribution in [0.5, 0.6) is 0 Å². The molecular formula is C19H28N2O3. The molecule has 1 saturated heterocycles. The number of ether oxygens (including phenoxy) is 1. The van der Waals surface area contributed by atoms with Gasteiger partial charge in [0.1, 0.15) is 5.60 Å². The summed E-state index contributed by atoms with van der Waals surface area (Å²) in [5, 5.41) is 0. The lowest BCUT2D eigenvalue weighted by molar-refractivity contribution is 0.0255. The fraction of sp³-hybridized carbons (Fsp3) is 0.579. The van der Waals surface area contributed by atoms with E-state index in [1.807, 2.05) is 51.7 Å². The molecule has 0 saturated carbocycles. The van der Waals surface area contributed by atoms with Crippen molar-refractivity contribution in [2.75, 3.05) is 26.2 Å². The number of carbonyl (C=O) groups excluding carboxylic acids is 2. The number of nitrogens with zero attached hydrogens (tertiary/aromatic N) is 2. The maximum atomic E-state index is 12.8. The number of amides is 2. The molecule has 24 heavy (non-hydrogen) atoms. The highest BCUT2D eigenvalue weighted by Gasteiger charge is 2.26. The molecule has 1 aliphatic heterocycles. The van der Waals surface area contributed by atoms with Crippen LogP contribution in [-0.2, 0) is 4.74 Å². The molecule has 0 aromatic heterocycles. The second-order valence-electron chi connectivity index (χ2n) is 7.49. The monoisotopic (exact) mass is 332 g/mol. The van der Waals surface area contributed by atoms with Gasteiger partial charge in [0.15, 0.2) is 0 Å². The fourth-order valence-corrected chi connectivity index (χ4v) is 2.91. The SMILES string of the molecule is Cc1cc(C)cc(C(=O)N2CCCN(C(=O)OC(C)(C)C)CC2)c1. The number of aryl methyl sites for hydroxylation is 2. The summed E-state index contributed by atoms with van der Waals surface area (Å²) < 4.78 is 5.43. The fourth-order valence-electron chi connectivity index (χ4n) is 2.91. The van der Waals surface area contributed by atoms with Crippen molar-refractivity contribution in [1.82, 2.24) is 9.80 Å². The van der Waals surface area contributed by atoms with Gasteiger partial charge >= 0.3 is 6.09 Å². The van der Waals surface area contributed by atoms with Gasteiger partial charge in [0, 0.05) is 31.7 Å². The Balaban J connectivity index is 2.02. The Morgan fingerprint density at radius 1 is 0.917 bits per heavy atom. The summed E-state index contributed by atoms with van der Waals surface area (Å²) in [6, 6.07) is 5.90. The number of rotatable bonds is 1. The van der Waals surface area contributed by atoms with Crippen molar-refractivity contribution >= 4 is 12.0 Å². The number of carbonyl (C=O) groups is 2. The summed E-state index contributed by atoms with van der Waals surface area (Å²) in [5.41, 5.74) is 2.39. The van der Waals surface area contributed by atoms with Gasteiger partial charge in [-0.3, -0.25) is 4.79 Å². The van der Waals surface area contributed by atoms with Gasteiger partial charge in [-0.1, -0.05) is 17.2 Å². The predicted molar refractivity (Wildman–Crippen MR) is 94.2 cm³/mol. The molecule has 2 rings (SSSR count). The first-order valence-electron chi connectivity index (χ1n) is 8.51. The normalized spacial score (nSPS) is 15.9. The summed E-state index contributed by atoms with van der Waals surface area (Å²) in [7, 11) is 0. The summed E-state index contributed by atoms with van der Waals surface area (Å²) >= 11 is 0. The molecule has 1 aromatic rings. The number of benzene rings is 1. The van der Waals surface area contributed by atoms with Crippen molar-refractivity contribution in [2.45, 2.75) is 46.6 Å². The van der Waals surface area contributed by atoms with E-state index in [-0.39, 0.29) is 12.0 Å². The minimum absolute atomic E-state index is 0.0350. The van der Waals surface area contributed by atoms with E-state index in [9.17, 15) is 9.59 Å². The van der Waals surface area contributed by atoms with E-state index in [0.717, 1.165) is 23.1 Å². The molecule has 0 radical (unpaired) electrons. The molecule has 0 unspecified atom stereocenters. The zero-order valence-corrected chi connectivity index (χ0v) is 15.4. The van der Waals surface area contributed by atoms with E-state index in [4.69, 9.17) is 4.74 Å². The van der Waals surface area contributed by atoms with Crippen LogP contribution in [0.15, 0.2) is 18.2 Å². The Labute approximate surface area is 144 Å². The van der Waals surface area contributed by atoms with Gasteiger partial charge in [0.05, 0.1) is 0 Å². The van der Waals surface area contributed by atoms with Crippen LogP contribution in [-0.4, -0.2) is 53.6 Å². The summed E-state index contributed by atoms with van der Waals surface area (Å²) in [6.07, 6.45) is 0.457. The zero-order chi connectivity index (χ0) is 17.9. The minimum Gasteiger partial charge on any atom is -0.444 e. The third kappa shape index (κ3) is 4.98. The van der Waals surface area contributed by atoms with E-state index in [0.29, 0.717) is 26.2 Å². The van der Waals surface area contributed by atoms with Crippen molar-refractivity contribution in [3.8, 4) is 0 Å². The Hall–Kier alpha value is -2.04. The highest BCUT2D eigenvalue weighted by Crippen LogP contribution is 2.15. The third-order valence-corrected chi connectivity index (χ3v) is 3.90. The molecule has 0 aliphatic carbocycles. The first kappa shape index (κ1) is 18.3. The summed E-state index contributed by atoms with van der Waals surface area (Å²) in [5.74, 6) is 0.0350. The van der Waals surface area contributed by atoms with Gasteiger partial charge in [-0.2, -0.15) is 0 Å². The van der Waals surface area contributed by atoms with Gasteiger partial charge in [-0.25, -0.2) is 4.79 Å². The number of hydrogen-bond donors (Lipinski definition) is 0. The largest absolute Gasteiger partial charge is 0.444 e. The molecule has 0 bridgehead atoms. The summed E-state index contributed by atoms with van der Waals surface area (Å²) in [6.45, 7) is 11.9. The van der Waals surface area contributed by atoms with Gasteiger partial charge in [0.25, 0.3) is 5.91 Å². The zero-order valence-electron chi connectivity index (χ0n) is 15.4. The van der Waals surface area contributed by atoms with Crippen molar-refractivity contribution < 1.29 is 14.3 Å². The van der Waals surface area contributed by atoms with Crippen molar-refractivity contribution in [1.29, 1.82) is 0 Å². The van der Waals surface area contributed by atoms with Crippen LogP contribution in [0, 0.1) is 13.8 Å². The second kappa shape index (κ2) is 7.24. The molecule has 5 nitrogen and oxygen atoms in total. The maximum absolute atomic E-state index is 12.8. The van der Waals surface area contributed by atoms with Crippen LogP contribution < -0.4 is 0 Å². The Morgan fingerprint density at radius 3 is 2.04 bits per heavy atom. The molecule has 5 heteroatoms. The van der Waals surface area contributed by atoms with E-state index >= 15 is 0 Å². The Morgan fingerprint density at radius 2 is 1.46 bits per heavy atom. The average molecular weight is 332 g/mol. The van der Waals surface area contributed by atoms with Gasteiger partial charge in [0.2, 0.25) is 0 Å². The Bertz CT molecular complexity index is 599. The van der Waals surface area contributed by atoms with E-state index in [2.05, 4.69) is 6.07 Å². The highest BCUT2D eigenvalue weighted by atomic mass is 16.6. The van der Waals surface area contributed by atoms with Crippen LogP contribution in [0.1, 0.15) is 48.7 Å². The highest BCUT2D eigenvalue weighted by molar-refractivity contribution is 5.94. The first-order valence-corrected chi connectivity index (χ1v) is 8.51.